The van der Waals surface area contributed by atoms with Gasteiger partial charge in [0.1, 0.15) is 17.7 Å². The highest BCUT2D eigenvalue weighted by atomic mass is 32.1. The van der Waals surface area contributed by atoms with Gasteiger partial charge in [-0.2, -0.15) is 0 Å². The minimum atomic E-state index is -0.726. The van der Waals surface area contributed by atoms with Gasteiger partial charge in [0.15, 0.2) is 0 Å². The molecule has 0 aliphatic heterocycles. The average Bonchev–Trinajstić information content (AvgIpc) is 3.25. The standard InChI is InChI=1S/C27H27N3O3S/c1-17(2)24(30-27(32)33-16-19-7-5-4-6-8-19)25(31)28-21-12-10-20(11-13-21)26-29-22-14-9-18(3)15-23(22)34-26/h4-15,17,24H,16H2,1-3H3,(H,28,31)(H,30,32)/t24-/m0/s1. The van der Waals surface area contributed by atoms with E-state index in [4.69, 9.17) is 9.72 Å². The Labute approximate surface area is 203 Å². The number of nitrogens with one attached hydrogen (secondary N) is 2. The molecule has 0 aliphatic carbocycles. The lowest BCUT2D eigenvalue weighted by atomic mass is 10.0. The molecule has 34 heavy (non-hydrogen) atoms. The highest BCUT2D eigenvalue weighted by Crippen LogP contribution is 2.31. The van der Waals surface area contributed by atoms with Gasteiger partial charge in [-0.05, 0) is 60.4 Å². The molecule has 0 bridgehead atoms. The number of ether oxygens (including phenoxy) is 1. The summed E-state index contributed by atoms with van der Waals surface area (Å²) in [5, 5.41) is 6.50. The third-order valence-corrected chi connectivity index (χ3v) is 6.45. The number of thiazole rings is 1. The Morgan fingerprint density at radius 3 is 2.44 bits per heavy atom. The molecule has 3 aromatic carbocycles. The van der Waals surface area contributed by atoms with Crippen molar-refractivity contribution in [2.45, 2.75) is 33.4 Å². The van der Waals surface area contributed by atoms with E-state index in [0.29, 0.717) is 5.69 Å². The van der Waals surface area contributed by atoms with Crippen LogP contribution in [0.5, 0.6) is 0 Å². The molecule has 0 radical (unpaired) electrons. The quantitative estimate of drug-likeness (QED) is 0.337. The van der Waals surface area contributed by atoms with Crippen molar-refractivity contribution in [2.75, 3.05) is 5.32 Å². The Morgan fingerprint density at radius 1 is 1.00 bits per heavy atom. The third-order valence-electron chi connectivity index (χ3n) is 5.38. The first-order chi connectivity index (χ1) is 16.4. The maximum atomic E-state index is 12.9. The smallest absolute Gasteiger partial charge is 0.408 e. The molecule has 1 heterocycles. The Morgan fingerprint density at radius 2 is 1.74 bits per heavy atom. The Kier molecular flexibility index (Phi) is 7.23. The molecular formula is C27H27N3O3S. The van der Waals surface area contributed by atoms with E-state index >= 15 is 0 Å². The zero-order chi connectivity index (χ0) is 24.1. The van der Waals surface area contributed by atoms with Crippen LogP contribution in [0.25, 0.3) is 20.8 Å². The van der Waals surface area contributed by atoms with Crippen LogP contribution in [0.15, 0.2) is 72.8 Å². The molecule has 174 valence electrons. The van der Waals surface area contributed by atoms with Gasteiger partial charge in [-0.25, -0.2) is 9.78 Å². The monoisotopic (exact) mass is 473 g/mol. The lowest BCUT2D eigenvalue weighted by molar-refractivity contribution is -0.119. The van der Waals surface area contributed by atoms with Gasteiger partial charge >= 0.3 is 6.09 Å². The largest absolute Gasteiger partial charge is 0.445 e. The summed E-state index contributed by atoms with van der Waals surface area (Å²) in [5.74, 6) is -0.412. The van der Waals surface area contributed by atoms with Crippen molar-refractivity contribution < 1.29 is 14.3 Å². The number of fused-ring (bicyclic) bond motifs is 1. The molecule has 0 saturated heterocycles. The number of alkyl carbamates (subject to hydrolysis) is 1. The number of carbonyl (C=O) groups is 2. The molecule has 0 saturated carbocycles. The van der Waals surface area contributed by atoms with Crippen LogP contribution >= 0.6 is 11.3 Å². The van der Waals surface area contributed by atoms with E-state index in [0.717, 1.165) is 26.4 Å². The fourth-order valence-corrected chi connectivity index (χ4v) is 4.57. The van der Waals surface area contributed by atoms with E-state index in [2.05, 4.69) is 29.7 Å². The predicted molar refractivity (Wildman–Crippen MR) is 137 cm³/mol. The van der Waals surface area contributed by atoms with Crippen LogP contribution in [0.4, 0.5) is 10.5 Å². The number of carbonyl (C=O) groups excluding carboxylic acids is 2. The summed E-state index contributed by atoms with van der Waals surface area (Å²) in [5.41, 5.74) is 4.70. The summed E-state index contributed by atoms with van der Waals surface area (Å²) in [7, 11) is 0. The third kappa shape index (κ3) is 5.80. The molecule has 4 aromatic rings. The first-order valence-electron chi connectivity index (χ1n) is 11.1. The zero-order valence-corrected chi connectivity index (χ0v) is 20.2. The molecule has 1 aromatic heterocycles. The lowest BCUT2D eigenvalue weighted by Crippen LogP contribution is -2.47. The minimum Gasteiger partial charge on any atom is -0.445 e. The summed E-state index contributed by atoms with van der Waals surface area (Å²) < 4.78 is 6.42. The molecule has 0 spiro atoms. The van der Waals surface area contributed by atoms with Gasteiger partial charge in [-0.1, -0.05) is 50.2 Å². The van der Waals surface area contributed by atoms with Gasteiger partial charge in [0.2, 0.25) is 5.91 Å². The number of hydrogen-bond donors (Lipinski definition) is 2. The summed E-state index contributed by atoms with van der Waals surface area (Å²) in [6.07, 6.45) is -0.626. The number of amides is 2. The molecule has 2 amide bonds. The number of nitrogens with zero attached hydrogens (tertiary/aromatic N) is 1. The van der Waals surface area contributed by atoms with Crippen molar-refractivity contribution in [2.24, 2.45) is 5.92 Å². The molecule has 6 nitrogen and oxygen atoms in total. The highest BCUT2D eigenvalue weighted by molar-refractivity contribution is 7.21. The second-order valence-corrected chi connectivity index (χ2v) is 9.52. The van der Waals surface area contributed by atoms with Crippen LogP contribution in [0.1, 0.15) is 25.0 Å². The number of anilines is 1. The van der Waals surface area contributed by atoms with E-state index in [1.54, 1.807) is 11.3 Å². The molecule has 0 aliphatic rings. The first-order valence-corrected chi connectivity index (χ1v) is 12.0. The first kappa shape index (κ1) is 23.4. The fraction of sp³-hybridized carbons (Fsp3) is 0.222. The molecule has 7 heteroatoms. The van der Waals surface area contributed by atoms with Crippen LogP contribution in [0, 0.1) is 12.8 Å². The average molecular weight is 474 g/mol. The minimum absolute atomic E-state index is 0.116. The van der Waals surface area contributed by atoms with Crippen LogP contribution in [-0.4, -0.2) is 23.0 Å². The molecule has 4 rings (SSSR count). The van der Waals surface area contributed by atoms with Gasteiger partial charge in [0.05, 0.1) is 10.2 Å². The van der Waals surface area contributed by atoms with Crippen molar-refractivity contribution in [3.63, 3.8) is 0 Å². The van der Waals surface area contributed by atoms with Gasteiger partial charge in [-0.15, -0.1) is 11.3 Å². The summed E-state index contributed by atoms with van der Waals surface area (Å²) in [6.45, 7) is 5.96. The van der Waals surface area contributed by atoms with Gasteiger partial charge in [0, 0.05) is 11.3 Å². The van der Waals surface area contributed by atoms with Crippen LogP contribution in [0.2, 0.25) is 0 Å². The van der Waals surface area contributed by atoms with E-state index in [-0.39, 0.29) is 18.4 Å². The molecule has 0 unspecified atom stereocenters. The Bertz CT molecular complexity index is 1280. The Hall–Kier alpha value is -3.71. The lowest BCUT2D eigenvalue weighted by Gasteiger charge is -2.21. The van der Waals surface area contributed by atoms with E-state index in [9.17, 15) is 9.59 Å². The molecule has 0 fully saturated rings. The Balaban J connectivity index is 1.38. The fourth-order valence-electron chi connectivity index (χ4n) is 3.50. The van der Waals surface area contributed by atoms with Gasteiger partial charge < -0.3 is 15.4 Å². The molecular weight excluding hydrogens is 446 g/mol. The SMILES string of the molecule is Cc1ccc2nc(-c3ccc(NC(=O)[C@@H](NC(=O)OCc4ccccc4)C(C)C)cc3)sc2c1. The number of hydrogen-bond acceptors (Lipinski definition) is 5. The van der Waals surface area contributed by atoms with E-state index in [1.165, 1.54) is 5.56 Å². The topological polar surface area (TPSA) is 80.3 Å². The molecule has 1 atom stereocenters. The maximum absolute atomic E-state index is 12.9. The van der Waals surface area contributed by atoms with Crippen molar-refractivity contribution in [1.29, 1.82) is 0 Å². The number of aromatic nitrogens is 1. The second kappa shape index (κ2) is 10.5. The van der Waals surface area contributed by atoms with Crippen LogP contribution in [-0.2, 0) is 16.1 Å². The van der Waals surface area contributed by atoms with E-state index < -0.39 is 12.1 Å². The number of rotatable bonds is 7. The summed E-state index contributed by atoms with van der Waals surface area (Å²) in [6, 6.07) is 22.5. The highest BCUT2D eigenvalue weighted by Gasteiger charge is 2.25. The zero-order valence-electron chi connectivity index (χ0n) is 19.4. The second-order valence-electron chi connectivity index (χ2n) is 8.48. The number of benzene rings is 3. The van der Waals surface area contributed by atoms with Crippen molar-refractivity contribution in [3.8, 4) is 10.6 Å². The maximum Gasteiger partial charge on any atom is 0.408 e. The van der Waals surface area contributed by atoms with Crippen molar-refractivity contribution in [1.82, 2.24) is 10.3 Å². The van der Waals surface area contributed by atoms with Gasteiger partial charge in [-0.3, -0.25) is 4.79 Å². The summed E-state index contributed by atoms with van der Waals surface area (Å²) >= 11 is 1.64. The van der Waals surface area contributed by atoms with Crippen molar-refractivity contribution in [3.05, 3.63) is 83.9 Å². The number of aryl methyl sites for hydroxylation is 1. The van der Waals surface area contributed by atoms with Crippen LogP contribution < -0.4 is 10.6 Å². The normalized spacial score (nSPS) is 11.9. The van der Waals surface area contributed by atoms with E-state index in [1.807, 2.05) is 74.5 Å². The molecule has 2 N–H and O–H groups in total. The summed E-state index contributed by atoms with van der Waals surface area (Å²) in [4.78, 5) is 29.8. The van der Waals surface area contributed by atoms with Crippen LogP contribution in [0.3, 0.4) is 0 Å². The predicted octanol–water partition coefficient (Wildman–Crippen LogP) is 6.16. The van der Waals surface area contributed by atoms with Gasteiger partial charge in [0.25, 0.3) is 0 Å². The van der Waals surface area contributed by atoms with Crippen molar-refractivity contribution >= 4 is 39.2 Å².